The van der Waals surface area contributed by atoms with Crippen molar-refractivity contribution in [2.45, 2.75) is 32.6 Å². The smallest absolute Gasteiger partial charge is 0.323 e. The Morgan fingerprint density at radius 2 is 1.84 bits per heavy atom. The molecule has 1 aliphatic carbocycles. The Bertz CT molecular complexity index is 798. The van der Waals surface area contributed by atoms with Crippen molar-refractivity contribution in [3.8, 4) is 0 Å². The van der Waals surface area contributed by atoms with E-state index in [1.54, 1.807) is 20.1 Å². The zero-order valence-corrected chi connectivity index (χ0v) is 14.5. The van der Waals surface area contributed by atoms with E-state index in [0.717, 1.165) is 22.1 Å². The molecule has 0 N–H and O–H groups in total. The lowest BCUT2D eigenvalue weighted by Crippen LogP contribution is -2.40. The molecule has 1 atom stereocenters. The molecule has 0 amide bonds. The first-order valence-corrected chi connectivity index (χ1v) is 8.51. The Morgan fingerprint density at radius 1 is 1.20 bits per heavy atom. The number of benzene rings is 1. The van der Waals surface area contributed by atoms with Crippen molar-refractivity contribution in [3.05, 3.63) is 48.4 Å². The molecule has 0 radical (unpaired) electrons. The van der Waals surface area contributed by atoms with Gasteiger partial charge in [0.2, 0.25) is 0 Å². The van der Waals surface area contributed by atoms with E-state index in [1.165, 1.54) is 0 Å². The van der Waals surface area contributed by atoms with E-state index in [0.29, 0.717) is 0 Å². The zero-order valence-electron chi connectivity index (χ0n) is 14.5. The first-order valence-electron chi connectivity index (χ1n) is 8.51. The summed E-state index contributed by atoms with van der Waals surface area (Å²) in [5, 5.41) is 1.95. The Hall–Kier alpha value is -2.56. The Morgan fingerprint density at radius 3 is 2.48 bits per heavy atom. The zero-order chi connectivity index (χ0) is 18.0. The average molecular weight is 342 g/mol. The number of hydrogen-bond donors (Lipinski definition) is 0. The molecule has 5 heteroatoms. The van der Waals surface area contributed by atoms with Crippen LogP contribution in [-0.2, 0) is 19.1 Å². The SMILES string of the molecule is C=C1CC(C(=O)OCC)(C(=O)OCC)CC1c1occ2ccccc12. The maximum absolute atomic E-state index is 12.6. The molecule has 132 valence electrons. The minimum atomic E-state index is -1.35. The van der Waals surface area contributed by atoms with Crippen LogP contribution in [0.1, 0.15) is 38.4 Å². The highest BCUT2D eigenvalue weighted by atomic mass is 16.6. The predicted molar refractivity (Wildman–Crippen MR) is 93.0 cm³/mol. The van der Waals surface area contributed by atoms with Gasteiger partial charge >= 0.3 is 11.9 Å². The van der Waals surface area contributed by atoms with Crippen molar-refractivity contribution < 1.29 is 23.5 Å². The highest BCUT2D eigenvalue weighted by molar-refractivity contribution is 6.01. The molecule has 25 heavy (non-hydrogen) atoms. The largest absolute Gasteiger partial charge is 0.467 e. The molecule has 0 bridgehead atoms. The van der Waals surface area contributed by atoms with E-state index >= 15 is 0 Å². The van der Waals surface area contributed by atoms with Crippen LogP contribution in [-0.4, -0.2) is 25.2 Å². The van der Waals surface area contributed by atoms with Crippen LogP contribution in [0, 0.1) is 5.41 Å². The molecule has 2 aromatic rings. The maximum Gasteiger partial charge on any atom is 0.323 e. The standard InChI is InChI=1S/C20H22O5/c1-4-23-18(21)20(19(22)24-5-2)10-13(3)16(11-20)17-15-9-7-6-8-14(15)12-25-17/h6-9,12,16H,3-5,10-11H2,1-2H3. The first-order chi connectivity index (χ1) is 12.0. The fraction of sp³-hybridized carbons (Fsp3) is 0.400. The summed E-state index contributed by atoms with van der Waals surface area (Å²) in [6.45, 7) is 7.96. The van der Waals surface area contributed by atoms with Crippen LogP contribution in [0.4, 0.5) is 0 Å². The number of hydrogen-bond acceptors (Lipinski definition) is 5. The molecular weight excluding hydrogens is 320 g/mol. The molecule has 0 aliphatic heterocycles. The summed E-state index contributed by atoms with van der Waals surface area (Å²) in [5.41, 5.74) is -0.567. The number of allylic oxidation sites excluding steroid dienone is 1. The molecule has 1 aromatic carbocycles. The first kappa shape index (κ1) is 17.3. The number of carbonyl (C=O) groups is 2. The van der Waals surface area contributed by atoms with Crippen molar-refractivity contribution in [1.82, 2.24) is 0 Å². The second-order valence-electron chi connectivity index (χ2n) is 6.30. The summed E-state index contributed by atoms with van der Waals surface area (Å²) >= 11 is 0. The third-order valence-electron chi connectivity index (χ3n) is 4.76. The van der Waals surface area contributed by atoms with Gasteiger partial charge in [0.1, 0.15) is 5.76 Å². The number of furan rings is 1. The fourth-order valence-corrected chi connectivity index (χ4v) is 3.57. The molecule has 1 fully saturated rings. The molecular formula is C20H22O5. The minimum Gasteiger partial charge on any atom is -0.467 e. The number of carbonyl (C=O) groups excluding carboxylic acids is 2. The monoisotopic (exact) mass is 342 g/mol. The summed E-state index contributed by atoms with van der Waals surface area (Å²) in [6, 6.07) is 7.80. The average Bonchev–Trinajstić information content (AvgIpc) is 3.17. The Labute approximate surface area is 146 Å². The van der Waals surface area contributed by atoms with Gasteiger partial charge in [-0.2, -0.15) is 0 Å². The summed E-state index contributed by atoms with van der Waals surface area (Å²) < 4.78 is 16.2. The molecule has 1 aliphatic rings. The summed E-state index contributed by atoms with van der Waals surface area (Å²) in [6.07, 6.45) is 2.15. The fourth-order valence-electron chi connectivity index (χ4n) is 3.57. The van der Waals surface area contributed by atoms with Gasteiger partial charge in [0.05, 0.1) is 19.5 Å². The molecule has 1 aromatic heterocycles. The van der Waals surface area contributed by atoms with E-state index in [4.69, 9.17) is 13.9 Å². The van der Waals surface area contributed by atoms with Gasteiger partial charge in [-0.3, -0.25) is 9.59 Å². The van der Waals surface area contributed by atoms with Crippen LogP contribution in [0.5, 0.6) is 0 Å². The third-order valence-corrected chi connectivity index (χ3v) is 4.76. The van der Waals surface area contributed by atoms with Gasteiger partial charge in [-0.05, 0) is 26.7 Å². The molecule has 3 rings (SSSR count). The quantitative estimate of drug-likeness (QED) is 0.467. The summed E-state index contributed by atoms with van der Waals surface area (Å²) in [5.74, 6) is -0.592. The molecule has 1 unspecified atom stereocenters. The van der Waals surface area contributed by atoms with Gasteiger partial charge in [0.25, 0.3) is 0 Å². The second kappa shape index (κ2) is 6.75. The Kier molecular flexibility index (Phi) is 4.66. The van der Waals surface area contributed by atoms with Gasteiger partial charge in [0, 0.05) is 16.7 Å². The van der Waals surface area contributed by atoms with E-state index in [1.807, 2.05) is 24.3 Å². The second-order valence-corrected chi connectivity index (χ2v) is 6.30. The number of rotatable bonds is 5. The highest BCUT2D eigenvalue weighted by Crippen LogP contribution is 2.52. The third kappa shape index (κ3) is 2.84. The van der Waals surface area contributed by atoms with Gasteiger partial charge < -0.3 is 13.9 Å². The molecule has 0 saturated heterocycles. The highest BCUT2D eigenvalue weighted by Gasteiger charge is 2.56. The van der Waals surface area contributed by atoms with Gasteiger partial charge in [-0.15, -0.1) is 0 Å². The van der Waals surface area contributed by atoms with Crippen molar-refractivity contribution in [1.29, 1.82) is 0 Å². The van der Waals surface area contributed by atoms with E-state index < -0.39 is 17.4 Å². The van der Waals surface area contributed by atoms with Gasteiger partial charge in [0.15, 0.2) is 5.41 Å². The summed E-state index contributed by atoms with van der Waals surface area (Å²) in [7, 11) is 0. The molecule has 1 saturated carbocycles. The number of fused-ring (bicyclic) bond motifs is 1. The number of esters is 2. The predicted octanol–water partition coefficient (Wildman–Crippen LogP) is 3.98. The lowest BCUT2D eigenvalue weighted by atomic mass is 9.84. The maximum atomic E-state index is 12.6. The van der Waals surface area contributed by atoms with Crippen molar-refractivity contribution in [3.63, 3.8) is 0 Å². The van der Waals surface area contributed by atoms with Gasteiger partial charge in [-0.25, -0.2) is 0 Å². The van der Waals surface area contributed by atoms with Crippen LogP contribution < -0.4 is 0 Å². The van der Waals surface area contributed by atoms with E-state index in [9.17, 15) is 9.59 Å². The van der Waals surface area contributed by atoms with Crippen LogP contribution in [0.2, 0.25) is 0 Å². The number of ether oxygens (including phenoxy) is 2. The van der Waals surface area contributed by atoms with Crippen LogP contribution in [0.25, 0.3) is 10.8 Å². The lowest BCUT2D eigenvalue weighted by molar-refractivity contribution is -0.171. The van der Waals surface area contributed by atoms with Crippen molar-refractivity contribution in [2.75, 3.05) is 13.2 Å². The van der Waals surface area contributed by atoms with Crippen molar-refractivity contribution >= 4 is 22.7 Å². The van der Waals surface area contributed by atoms with E-state index in [-0.39, 0.29) is 32.0 Å². The normalized spacial score (nSPS) is 19.1. The lowest BCUT2D eigenvalue weighted by Gasteiger charge is -2.24. The van der Waals surface area contributed by atoms with Gasteiger partial charge in [-0.1, -0.05) is 36.4 Å². The van der Waals surface area contributed by atoms with Crippen LogP contribution in [0.15, 0.2) is 47.1 Å². The topological polar surface area (TPSA) is 65.7 Å². The molecule has 5 nitrogen and oxygen atoms in total. The van der Waals surface area contributed by atoms with Crippen LogP contribution >= 0.6 is 0 Å². The van der Waals surface area contributed by atoms with Crippen LogP contribution in [0.3, 0.4) is 0 Å². The van der Waals surface area contributed by atoms with Crippen molar-refractivity contribution in [2.24, 2.45) is 5.41 Å². The van der Waals surface area contributed by atoms with E-state index in [2.05, 4.69) is 6.58 Å². The molecule has 1 heterocycles. The minimum absolute atomic E-state index is 0.209. The summed E-state index contributed by atoms with van der Waals surface area (Å²) in [4.78, 5) is 25.2. The Balaban J connectivity index is 2.00. The molecule has 0 spiro atoms.